The lowest BCUT2D eigenvalue weighted by atomic mass is 10.0. The van der Waals surface area contributed by atoms with Crippen LogP contribution in [0.15, 0.2) is 47.9 Å². The van der Waals surface area contributed by atoms with Crippen LogP contribution >= 0.6 is 12.6 Å². The Labute approximate surface area is 89.6 Å². The second-order valence-corrected chi connectivity index (χ2v) is 3.36. The highest BCUT2D eigenvalue weighted by molar-refractivity contribution is 7.83. The molecule has 74 valence electrons. The number of halogens is 1. The molecule has 0 fully saturated rings. The summed E-state index contributed by atoms with van der Waals surface area (Å²) in [5, 5.41) is 1.67. The highest BCUT2D eigenvalue weighted by atomic mass is 32.1. The van der Waals surface area contributed by atoms with Crippen LogP contribution in [0.5, 0.6) is 0 Å². The molecule has 2 heteroatoms. The van der Waals surface area contributed by atoms with Crippen molar-refractivity contribution in [1.82, 2.24) is 0 Å². The molecule has 0 amide bonds. The van der Waals surface area contributed by atoms with Crippen LogP contribution in [0.4, 0.5) is 4.39 Å². The van der Waals surface area contributed by atoms with Gasteiger partial charge in [-0.2, -0.15) is 12.6 Å². The maximum absolute atomic E-state index is 12.6. The summed E-state index contributed by atoms with van der Waals surface area (Å²) in [5.74, 6) is 0.0975. The van der Waals surface area contributed by atoms with E-state index in [0.717, 1.165) is 5.56 Å². The molecule has 0 aliphatic heterocycles. The first-order valence-electron chi connectivity index (χ1n) is 4.47. The Bertz CT molecular complexity index is 325. The van der Waals surface area contributed by atoms with E-state index in [1.165, 1.54) is 12.1 Å². The summed E-state index contributed by atoms with van der Waals surface area (Å²) < 4.78 is 12.6. The van der Waals surface area contributed by atoms with Gasteiger partial charge in [-0.3, -0.25) is 0 Å². The summed E-state index contributed by atoms with van der Waals surface area (Å²) in [6.07, 6.45) is 5.82. The quantitative estimate of drug-likeness (QED) is 0.564. The van der Waals surface area contributed by atoms with Gasteiger partial charge in [0.1, 0.15) is 5.82 Å². The molecule has 1 atom stereocenters. The van der Waals surface area contributed by atoms with Gasteiger partial charge in [0.2, 0.25) is 0 Å². The van der Waals surface area contributed by atoms with Crippen LogP contribution in [0.3, 0.4) is 0 Å². The molecule has 0 nitrogen and oxygen atoms in total. The van der Waals surface area contributed by atoms with Crippen molar-refractivity contribution < 1.29 is 4.39 Å². The number of allylic oxidation sites excluding steroid dienone is 3. The van der Waals surface area contributed by atoms with E-state index in [0.29, 0.717) is 5.92 Å². The Kier molecular flexibility index (Phi) is 4.47. The predicted octanol–water partition coefficient (Wildman–Crippen LogP) is 3.93. The van der Waals surface area contributed by atoms with Crippen LogP contribution in [-0.4, -0.2) is 0 Å². The first-order valence-corrected chi connectivity index (χ1v) is 4.98. The van der Waals surface area contributed by atoms with Gasteiger partial charge in [0.25, 0.3) is 0 Å². The van der Waals surface area contributed by atoms with E-state index in [-0.39, 0.29) is 5.82 Å². The van der Waals surface area contributed by atoms with Crippen molar-refractivity contribution in [2.75, 3.05) is 0 Å². The molecule has 1 rings (SSSR count). The molecular formula is C12H13FS. The minimum absolute atomic E-state index is 0.194. The third-order valence-corrected chi connectivity index (χ3v) is 2.16. The van der Waals surface area contributed by atoms with E-state index in [4.69, 9.17) is 0 Å². The number of thiol groups is 1. The zero-order valence-electron chi connectivity index (χ0n) is 8.02. The molecule has 0 saturated heterocycles. The maximum atomic E-state index is 12.6. The molecule has 0 N–H and O–H groups in total. The van der Waals surface area contributed by atoms with Gasteiger partial charge < -0.3 is 0 Å². The maximum Gasteiger partial charge on any atom is 0.123 e. The van der Waals surface area contributed by atoms with Crippen molar-refractivity contribution in [2.24, 2.45) is 0 Å². The Balaban J connectivity index is 2.69. The molecule has 0 heterocycles. The van der Waals surface area contributed by atoms with Gasteiger partial charge in [-0.1, -0.05) is 37.3 Å². The van der Waals surface area contributed by atoms with Crippen molar-refractivity contribution in [1.29, 1.82) is 0 Å². The largest absolute Gasteiger partial charge is 0.207 e. The van der Waals surface area contributed by atoms with E-state index in [9.17, 15) is 4.39 Å². The first kappa shape index (κ1) is 11.1. The van der Waals surface area contributed by atoms with Crippen molar-refractivity contribution in [2.45, 2.75) is 12.8 Å². The molecule has 14 heavy (non-hydrogen) atoms. The Morgan fingerprint density at radius 1 is 1.21 bits per heavy atom. The summed E-state index contributed by atoms with van der Waals surface area (Å²) >= 11 is 3.94. The van der Waals surface area contributed by atoms with Gasteiger partial charge in [-0.25, -0.2) is 4.39 Å². The number of benzene rings is 1. The highest BCUT2D eigenvalue weighted by Gasteiger charge is 1.99. The average molecular weight is 208 g/mol. The highest BCUT2D eigenvalue weighted by Crippen LogP contribution is 2.16. The lowest BCUT2D eigenvalue weighted by molar-refractivity contribution is 0.626. The summed E-state index contributed by atoms with van der Waals surface area (Å²) in [5.41, 5.74) is 1.11. The molecule has 0 saturated carbocycles. The minimum Gasteiger partial charge on any atom is -0.207 e. The van der Waals surface area contributed by atoms with Gasteiger partial charge in [0, 0.05) is 0 Å². The van der Waals surface area contributed by atoms with Crippen LogP contribution in [-0.2, 0) is 0 Å². The summed E-state index contributed by atoms with van der Waals surface area (Å²) in [7, 11) is 0. The normalized spacial score (nSPS) is 13.9. The zero-order valence-corrected chi connectivity index (χ0v) is 8.92. The minimum atomic E-state index is -0.194. The van der Waals surface area contributed by atoms with E-state index < -0.39 is 0 Å². The van der Waals surface area contributed by atoms with E-state index in [1.807, 2.05) is 18.2 Å². The molecule has 0 bridgehead atoms. The predicted molar refractivity (Wildman–Crippen MR) is 62.1 cm³/mol. The lowest BCUT2D eigenvalue weighted by Crippen LogP contribution is -1.88. The molecule has 0 aliphatic rings. The van der Waals surface area contributed by atoms with Crippen LogP contribution in [0.25, 0.3) is 0 Å². The van der Waals surface area contributed by atoms with Crippen LogP contribution in [0.2, 0.25) is 0 Å². The zero-order chi connectivity index (χ0) is 10.4. The Morgan fingerprint density at radius 2 is 1.86 bits per heavy atom. The van der Waals surface area contributed by atoms with Crippen molar-refractivity contribution in [3.63, 3.8) is 0 Å². The van der Waals surface area contributed by atoms with E-state index in [2.05, 4.69) is 19.6 Å². The number of rotatable bonds is 3. The molecule has 0 aliphatic carbocycles. The fourth-order valence-electron chi connectivity index (χ4n) is 1.16. The van der Waals surface area contributed by atoms with Crippen molar-refractivity contribution in [3.05, 3.63) is 59.3 Å². The van der Waals surface area contributed by atoms with Crippen LogP contribution in [0.1, 0.15) is 18.4 Å². The second kappa shape index (κ2) is 5.66. The third kappa shape index (κ3) is 3.38. The fraction of sp³-hybridized carbons (Fsp3) is 0.167. The molecule has 1 aromatic rings. The standard InChI is InChI=1S/C12H13FS/c1-10(4-2-3-9-14)11-5-7-12(13)8-6-11/h2-10,14H,1H3/b4-2+,9-3-. The van der Waals surface area contributed by atoms with Gasteiger partial charge in [-0.05, 0) is 29.0 Å². The van der Waals surface area contributed by atoms with Crippen LogP contribution < -0.4 is 0 Å². The number of hydrogen-bond acceptors (Lipinski definition) is 1. The van der Waals surface area contributed by atoms with Crippen LogP contribution in [0, 0.1) is 5.82 Å². The summed E-state index contributed by atoms with van der Waals surface area (Å²) in [6, 6.07) is 6.56. The summed E-state index contributed by atoms with van der Waals surface area (Å²) in [6.45, 7) is 2.07. The monoisotopic (exact) mass is 208 g/mol. The van der Waals surface area contributed by atoms with E-state index in [1.54, 1.807) is 17.5 Å². The molecule has 0 radical (unpaired) electrons. The third-order valence-electron chi connectivity index (χ3n) is 1.99. The average Bonchev–Trinajstić information content (AvgIpc) is 2.19. The first-order chi connectivity index (χ1) is 6.74. The topological polar surface area (TPSA) is 0 Å². The van der Waals surface area contributed by atoms with Gasteiger partial charge in [0.05, 0.1) is 0 Å². The van der Waals surface area contributed by atoms with Gasteiger partial charge in [0.15, 0.2) is 0 Å². The molecule has 0 aromatic heterocycles. The SMILES string of the molecule is CC(/C=C/C=C\S)c1ccc(F)cc1. The molecule has 0 spiro atoms. The fourth-order valence-corrected chi connectivity index (χ4v) is 1.26. The smallest absolute Gasteiger partial charge is 0.123 e. The lowest BCUT2D eigenvalue weighted by Gasteiger charge is -2.05. The Morgan fingerprint density at radius 3 is 2.43 bits per heavy atom. The van der Waals surface area contributed by atoms with Gasteiger partial charge in [-0.15, -0.1) is 0 Å². The Hall–Kier alpha value is -1.02. The van der Waals surface area contributed by atoms with Gasteiger partial charge >= 0.3 is 0 Å². The number of hydrogen-bond donors (Lipinski definition) is 1. The molecule has 1 aromatic carbocycles. The van der Waals surface area contributed by atoms with Crippen molar-refractivity contribution in [3.8, 4) is 0 Å². The molecule has 1 unspecified atom stereocenters. The van der Waals surface area contributed by atoms with E-state index >= 15 is 0 Å². The second-order valence-electron chi connectivity index (χ2n) is 3.07. The molecular weight excluding hydrogens is 195 g/mol. The summed E-state index contributed by atoms with van der Waals surface area (Å²) in [4.78, 5) is 0. The van der Waals surface area contributed by atoms with Crippen molar-refractivity contribution >= 4 is 12.6 Å².